The molecule has 0 aliphatic heterocycles. The smallest absolute Gasteiger partial charge is 0.306 e. The minimum absolute atomic E-state index is 0.0572. The van der Waals surface area contributed by atoms with Crippen molar-refractivity contribution in [3.8, 4) is 0 Å². The summed E-state index contributed by atoms with van der Waals surface area (Å²) in [6, 6.07) is 4.85. The van der Waals surface area contributed by atoms with Crippen LogP contribution in [0.4, 0.5) is 0 Å². The molecular weight excluding hydrogens is 275 g/mol. The molecule has 0 unspecified atom stereocenters. The minimum Gasteiger partial charge on any atom is -0.466 e. The van der Waals surface area contributed by atoms with Crippen molar-refractivity contribution in [2.24, 2.45) is 0 Å². The summed E-state index contributed by atoms with van der Waals surface area (Å²) in [6.45, 7) is 2.29. The van der Waals surface area contributed by atoms with Crippen LogP contribution in [0.3, 0.4) is 0 Å². The van der Waals surface area contributed by atoms with Crippen molar-refractivity contribution < 1.29 is 14.3 Å². The number of hydrogen-bond donors (Lipinski definition) is 0. The zero-order valence-electron chi connectivity index (χ0n) is 10.0. The number of esters is 1. The Kier molecular flexibility index (Phi) is 6.16. The largest absolute Gasteiger partial charge is 0.466 e. The molecule has 0 saturated heterocycles. The Labute approximate surface area is 116 Å². The normalized spacial score (nSPS) is 10.2. The third kappa shape index (κ3) is 4.31. The number of carbonyl (C=O) groups is 2. The Morgan fingerprint density at radius 2 is 1.94 bits per heavy atom. The number of carbonyl (C=O) groups excluding carboxylic acids is 2. The molecule has 3 nitrogen and oxygen atoms in total. The molecule has 0 amide bonds. The second-order valence-corrected chi connectivity index (χ2v) is 4.53. The first kappa shape index (κ1) is 15.0. The summed E-state index contributed by atoms with van der Waals surface area (Å²) in [5.41, 5.74) is 0.340. The van der Waals surface area contributed by atoms with E-state index in [4.69, 9.17) is 27.9 Å². The van der Waals surface area contributed by atoms with Crippen LogP contribution in [0.15, 0.2) is 18.2 Å². The van der Waals surface area contributed by atoms with E-state index in [1.165, 1.54) is 0 Å². The monoisotopic (exact) mass is 288 g/mol. The zero-order chi connectivity index (χ0) is 13.5. The van der Waals surface area contributed by atoms with Crippen LogP contribution in [0.5, 0.6) is 0 Å². The van der Waals surface area contributed by atoms with Gasteiger partial charge in [-0.3, -0.25) is 9.59 Å². The first-order chi connectivity index (χ1) is 8.56. The highest BCUT2D eigenvalue weighted by Crippen LogP contribution is 2.26. The van der Waals surface area contributed by atoms with Crippen LogP contribution < -0.4 is 0 Å². The Morgan fingerprint density at radius 3 is 2.61 bits per heavy atom. The first-order valence-corrected chi connectivity index (χ1v) is 6.44. The van der Waals surface area contributed by atoms with Gasteiger partial charge in [0, 0.05) is 12.0 Å². The van der Waals surface area contributed by atoms with Gasteiger partial charge in [0.25, 0.3) is 0 Å². The van der Waals surface area contributed by atoms with Crippen LogP contribution in [0.2, 0.25) is 10.0 Å². The van der Waals surface area contributed by atoms with Crippen LogP contribution >= 0.6 is 23.2 Å². The van der Waals surface area contributed by atoms with Gasteiger partial charge in [0.15, 0.2) is 5.78 Å². The van der Waals surface area contributed by atoms with E-state index in [1.54, 1.807) is 18.2 Å². The highest BCUT2D eigenvalue weighted by molar-refractivity contribution is 6.43. The summed E-state index contributed by atoms with van der Waals surface area (Å²) in [7, 11) is 0. The summed E-state index contributed by atoms with van der Waals surface area (Å²) < 4.78 is 4.88. The Morgan fingerprint density at radius 1 is 1.22 bits per heavy atom. The van der Waals surface area contributed by atoms with E-state index in [1.807, 2.05) is 6.92 Å². The van der Waals surface area contributed by atoms with Crippen molar-refractivity contribution in [2.45, 2.75) is 26.2 Å². The molecule has 1 aromatic rings. The number of Topliss-reactive ketones (excluding diaryl/α,β-unsaturated/α-hetero) is 1. The average molecular weight is 289 g/mol. The van der Waals surface area contributed by atoms with Crippen molar-refractivity contribution in [2.75, 3.05) is 6.61 Å². The zero-order valence-corrected chi connectivity index (χ0v) is 11.6. The van der Waals surface area contributed by atoms with E-state index in [0.29, 0.717) is 17.2 Å². The highest BCUT2D eigenvalue weighted by atomic mass is 35.5. The van der Waals surface area contributed by atoms with Crippen LogP contribution in [-0.2, 0) is 9.53 Å². The van der Waals surface area contributed by atoms with Crippen molar-refractivity contribution in [3.05, 3.63) is 33.8 Å². The van der Waals surface area contributed by atoms with E-state index in [2.05, 4.69) is 0 Å². The Bertz CT molecular complexity index is 444. The quantitative estimate of drug-likeness (QED) is 0.589. The number of ketones is 1. The van der Waals surface area contributed by atoms with Gasteiger partial charge in [0.1, 0.15) is 0 Å². The van der Waals surface area contributed by atoms with Crippen LogP contribution in [0.1, 0.15) is 36.5 Å². The molecule has 5 heteroatoms. The molecule has 0 fully saturated rings. The fourth-order valence-electron chi connectivity index (χ4n) is 1.36. The summed E-state index contributed by atoms with van der Waals surface area (Å²) in [5, 5.41) is 0.558. The molecule has 0 aliphatic rings. The number of halogens is 2. The molecule has 0 aliphatic carbocycles. The van der Waals surface area contributed by atoms with Crippen molar-refractivity contribution >= 4 is 35.0 Å². The highest BCUT2D eigenvalue weighted by Gasteiger charge is 2.14. The number of rotatable bonds is 6. The van der Waals surface area contributed by atoms with Gasteiger partial charge in [-0.2, -0.15) is 0 Å². The predicted molar refractivity (Wildman–Crippen MR) is 71.3 cm³/mol. The van der Waals surface area contributed by atoms with Gasteiger partial charge in [-0.25, -0.2) is 0 Å². The van der Waals surface area contributed by atoms with E-state index in [-0.39, 0.29) is 29.6 Å². The Hall–Kier alpha value is -1.06. The van der Waals surface area contributed by atoms with Gasteiger partial charge >= 0.3 is 5.97 Å². The van der Waals surface area contributed by atoms with E-state index >= 15 is 0 Å². The van der Waals surface area contributed by atoms with Gasteiger partial charge < -0.3 is 4.74 Å². The van der Waals surface area contributed by atoms with Crippen molar-refractivity contribution in [1.82, 2.24) is 0 Å². The SMILES string of the molecule is CCCOC(=O)CCC(=O)c1cccc(Cl)c1Cl. The lowest BCUT2D eigenvalue weighted by Crippen LogP contribution is -2.09. The molecular formula is C13H14Cl2O3. The Balaban J connectivity index is 2.55. The molecule has 0 atom stereocenters. The first-order valence-electron chi connectivity index (χ1n) is 5.69. The number of benzene rings is 1. The minimum atomic E-state index is -0.372. The summed E-state index contributed by atoms with van der Waals surface area (Å²) in [5.74, 6) is -0.584. The number of ether oxygens (including phenoxy) is 1. The third-order valence-corrected chi connectivity index (χ3v) is 3.09. The topological polar surface area (TPSA) is 43.4 Å². The number of hydrogen-bond acceptors (Lipinski definition) is 3. The molecule has 18 heavy (non-hydrogen) atoms. The lowest BCUT2D eigenvalue weighted by molar-refractivity contribution is -0.143. The second-order valence-electron chi connectivity index (χ2n) is 3.75. The van der Waals surface area contributed by atoms with Crippen LogP contribution in [0.25, 0.3) is 0 Å². The fourth-order valence-corrected chi connectivity index (χ4v) is 1.76. The standard InChI is InChI=1S/C13H14Cl2O3/c1-2-8-18-12(17)7-6-11(16)9-4-3-5-10(14)13(9)15/h3-5H,2,6-8H2,1H3. The second kappa shape index (κ2) is 7.39. The molecule has 0 bridgehead atoms. The summed E-state index contributed by atoms with van der Waals surface area (Å²) >= 11 is 11.7. The maximum Gasteiger partial charge on any atom is 0.306 e. The lowest BCUT2D eigenvalue weighted by Gasteiger charge is -2.05. The molecule has 1 rings (SSSR count). The van der Waals surface area contributed by atoms with E-state index < -0.39 is 0 Å². The fraction of sp³-hybridized carbons (Fsp3) is 0.385. The van der Waals surface area contributed by atoms with Gasteiger partial charge in [-0.1, -0.05) is 36.2 Å². The van der Waals surface area contributed by atoms with Gasteiger partial charge in [-0.05, 0) is 18.6 Å². The predicted octanol–water partition coefficient (Wildman–Crippen LogP) is 3.91. The molecule has 0 radical (unpaired) electrons. The molecule has 1 aromatic carbocycles. The van der Waals surface area contributed by atoms with Crippen molar-refractivity contribution in [1.29, 1.82) is 0 Å². The van der Waals surface area contributed by atoms with E-state index in [9.17, 15) is 9.59 Å². The van der Waals surface area contributed by atoms with Crippen LogP contribution in [0, 0.1) is 0 Å². The van der Waals surface area contributed by atoms with Gasteiger partial charge in [-0.15, -0.1) is 0 Å². The van der Waals surface area contributed by atoms with E-state index in [0.717, 1.165) is 6.42 Å². The average Bonchev–Trinajstić information content (AvgIpc) is 2.36. The third-order valence-electron chi connectivity index (χ3n) is 2.28. The van der Waals surface area contributed by atoms with Gasteiger partial charge in [0.05, 0.1) is 23.1 Å². The van der Waals surface area contributed by atoms with Crippen molar-refractivity contribution in [3.63, 3.8) is 0 Å². The molecule has 98 valence electrons. The summed E-state index contributed by atoms with van der Waals surface area (Å²) in [6.07, 6.45) is 0.893. The summed E-state index contributed by atoms with van der Waals surface area (Å²) in [4.78, 5) is 23.1. The van der Waals surface area contributed by atoms with Crippen LogP contribution in [-0.4, -0.2) is 18.4 Å². The molecule has 0 spiro atoms. The maximum absolute atomic E-state index is 11.8. The molecule has 0 saturated carbocycles. The maximum atomic E-state index is 11.8. The van der Waals surface area contributed by atoms with Gasteiger partial charge in [0.2, 0.25) is 0 Å². The molecule has 0 aromatic heterocycles. The molecule has 0 N–H and O–H groups in total. The lowest BCUT2D eigenvalue weighted by atomic mass is 10.1. The molecule has 0 heterocycles.